The molecule has 6 heteroatoms. The van der Waals surface area contributed by atoms with Crippen LogP contribution in [0.4, 0.5) is 0 Å². The molecule has 0 aliphatic carbocycles. The van der Waals surface area contributed by atoms with Crippen molar-refractivity contribution in [1.82, 2.24) is 9.78 Å². The molecule has 0 spiro atoms. The van der Waals surface area contributed by atoms with Gasteiger partial charge in [-0.1, -0.05) is 48.0 Å². The minimum atomic E-state index is -0.593. The summed E-state index contributed by atoms with van der Waals surface area (Å²) in [6.07, 6.45) is 0. The molecule has 0 aliphatic rings. The first-order chi connectivity index (χ1) is 13.1. The van der Waals surface area contributed by atoms with Gasteiger partial charge in [-0.15, -0.1) is 0 Å². The van der Waals surface area contributed by atoms with E-state index in [9.17, 15) is 9.59 Å². The number of esters is 1. The van der Waals surface area contributed by atoms with E-state index >= 15 is 0 Å². The van der Waals surface area contributed by atoms with Crippen LogP contribution in [0.15, 0.2) is 71.5 Å². The van der Waals surface area contributed by atoms with E-state index in [0.717, 1.165) is 11.1 Å². The molecule has 0 amide bonds. The summed E-state index contributed by atoms with van der Waals surface area (Å²) in [5, 5.41) is 4.10. The molecule has 0 atom stereocenters. The lowest BCUT2D eigenvalue weighted by Gasteiger charge is -2.09. The standard InChI is InChI=1S/C21H20N2O4/c1-16-7-9-18(10-8-16)26-13-14-27-21(25)19-11-12-20(24)23(22-19)15-17-5-3-2-4-6-17/h2-12H,13-15H2,1H3. The lowest BCUT2D eigenvalue weighted by Crippen LogP contribution is -2.25. The van der Waals surface area contributed by atoms with E-state index in [1.54, 1.807) is 0 Å². The quantitative estimate of drug-likeness (QED) is 0.476. The monoisotopic (exact) mass is 364 g/mol. The summed E-state index contributed by atoms with van der Waals surface area (Å²) >= 11 is 0. The smallest absolute Gasteiger partial charge is 0.358 e. The van der Waals surface area contributed by atoms with Crippen molar-refractivity contribution >= 4 is 5.97 Å². The molecule has 3 rings (SSSR count). The topological polar surface area (TPSA) is 70.4 Å². The molecule has 0 radical (unpaired) electrons. The number of benzene rings is 2. The number of carbonyl (C=O) groups is 1. The number of aromatic nitrogens is 2. The molecule has 138 valence electrons. The van der Waals surface area contributed by atoms with E-state index in [1.165, 1.54) is 16.8 Å². The number of aryl methyl sites for hydroxylation is 1. The van der Waals surface area contributed by atoms with Gasteiger partial charge in [-0.2, -0.15) is 5.10 Å². The highest BCUT2D eigenvalue weighted by molar-refractivity contribution is 5.86. The van der Waals surface area contributed by atoms with Gasteiger partial charge in [0.05, 0.1) is 6.54 Å². The van der Waals surface area contributed by atoms with Crippen LogP contribution in [0, 0.1) is 6.92 Å². The molecule has 0 unspecified atom stereocenters. The van der Waals surface area contributed by atoms with Crippen LogP contribution in [0.2, 0.25) is 0 Å². The highest BCUT2D eigenvalue weighted by Crippen LogP contribution is 2.11. The molecular formula is C21H20N2O4. The van der Waals surface area contributed by atoms with E-state index < -0.39 is 5.97 Å². The molecular weight excluding hydrogens is 344 g/mol. The summed E-state index contributed by atoms with van der Waals surface area (Å²) in [7, 11) is 0. The first kappa shape index (κ1) is 18.4. The van der Waals surface area contributed by atoms with Crippen LogP contribution < -0.4 is 10.3 Å². The zero-order valence-corrected chi connectivity index (χ0v) is 15.0. The molecule has 0 N–H and O–H groups in total. The van der Waals surface area contributed by atoms with Crippen molar-refractivity contribution in [2.45, 2.75) is 13.5 Å². The lowest BCUT2D eigenvalue weighted by atomic mass is 10.2. The van der Waals surface area contributed by atoms with Gasteiger partial charge < -0.3 is 9.47 Å². The van der Waals surface area contributed by atoms with Gasteiger partial charge in [0, 0.05) is 6.07 Å². The zero-order valence-electron chi connectivity index (χ0n) is 15.0. The Morgan fingerprint density at radius 1 is 0.963 bits per heavy atom. The fourth-order valence-corrected chi connectivity index (χ4v) is 2.43. The van der Waals surface area contributed by atoms with Crippen molar-refractivity contribution in [2.75, 3.05) is 13.2 Å². The first-order valence-electron chi connectivity index (χ1n) is 8.60. The minimum absolute atomic E-state index is 0.0841. The van der Waals surface area contributed by atoms with Gasteiger partial charge in [-0.05, 0) is 30.7 Å². The largest absolute Gasteiger partial charge is 0.490 e. The van der Waals surface area contributed by atoms with E-state index in [2.05, 4.69) is 5.10 Å². The number of nitrogens with zero attached hydrogens (tertiary/aromatic N) is 2. The summed E-state index contributed by atoms with van der Waals surface area (Å²) in [4.78, 5) is 24.1. The highest BCUT2D eigenvalue weighted by atomic mass is 16.6. The third-order valence-electron chi connectivity index (χ3n) is 3.86. The zero-order chi connectivity index (χ0) is 19.1. The molecule has 1 heterocycles. The lowest BCUT2D eigenvalue weighted by molar-refractivity contribution is 0.0440. The van der Waals surface area contributed by atoms with Crippen LogP contribution in [0.5, 0.6) is 5.75 Å². The fourth-order valence-electron chi connectivity index (χ4n) is 2.43. The molecule has 3 aromatic rings. The van der Waals surface area contributed by atoms with Gasteiger partial charge in [0.1, 0.15) is 19.0 Å². The van der Waals surface area contributed by atoms with Gasteiger partial charge in [0.2, 0.25) is 0 Å². The van der Waals surface area contributed by atoms with Crippen molar-refractivity contribution in [3.05, 3.63) is 93.9 Å². The van der Waals surface area contributed by atoms with E-state index in [0.29, 0.717) is 5.75 Å². The number of carbonyl (C=O) groups excluding carboxylic acids is 1. The molecule has 0 bridgehead atoms. The van der Waals surface area contributed by atoms with Gasteiger partial charge in [-0.25, -0.2) is 9.48 Å². The fraction of sp³-hybridized carbons (Fsp3) is 0.190. The maximum atomic E-state index is 12.2. The number of hydrogen-bond acceptors (Lipinski definition) is 5. The van der Waals surface area contributed by atoms with Gasteiger partial charge in [0.25, 0.3) is 5.56 Å². The maximum absolute atomic E-state index is 12.2. The number of hydrogen-bond donors (Lipinski definition) is 0. The van der Waals surface area contributed by atoms with Gasteiger partial charge in [-0.3, -0.25) is 4.79 Å². The Hall–Kier alpha value is -3.41. The van der Waals surface area contributed by atoms with E-state index in [1.807, 2.05) is 61.5 Å². The Kier molecular flexibility index (Phi) is 5.99. The minimum Gasteiger partial charge on any atom is -0.490 e. The van der Waals surface area contributed by atoms with Crippen LogP contribution >= 0.6 is 0 Å². The first-order valence-corrected chi connectivity index (χ1v) is 8.60. The van der Waals surface area contributed by atoms with Crippen LogP contribution in [0.1, 0.15) is 21.6 Å². The summed E-state index contributed by atoms with van der Waals surface area (Å²) in [6, 6.07) is 19.7. The second-order valence-electron chi connectivity index (χ2n) is 6.00. The molecule has 0 fully saturated rings. The van der Waals surface area contributed by atoms with Gasteiger partial charge >= 0.3 is 5.97 Å². The van der Waals surface area contributed by atoms with Crippen LogP contribution in [0.25, 0.3) is 0 Å². The number of ether oxygens (including phenoxy) is 2. The Morgan fingerprint density at radius 2 is 1.70 bits per heavy atom. The number of rotatable bonds is 7. The normalized spacial score (nSPS) is 10.4. The molecule has 0 saturated heterocycles. The second kappa shape index (κ2) is 8.80. The summed E-state index contributed by atoms with van der Waals surface area (Å²) < 4.78 is 11.9. The molecule has 6 nitrogen and oxygen atoms in total. The molecule has 0 saturated carbocycles. The predicted molar refractivity (Wildman–Crippen MR) is 101 cm³/mol. The van der Waals surface area contributed by atoms with Crippen molar-refractivity contribution < 1.29 is 14.3 Å². The van der Waals surface area contributed by atoms with Crippen LogP contribution in [-0.2, 0) is 11.3 Å². The van der Waals surface area contributed by atoms with Crippen molar-refractivity contribution in [3.63, 3.8) is 0 Å². The SMILES string of the molecule is Cc1ccc(OCCOC(=O)c2ccc(=O)n(Cc3ccccc3)n2)cc1. The average Bonchev–Trinajstić information content (AvgIpc) is 2.69. The van der Waals surface area contributed by atoms with Crippen molar-refractivity contribution in [1.29, 1.82) is 0 Å². The molecule has 27 heavy (non-hydrogen) atoms. The highest BCUT2D eigenvalue weighted by Gasteiger charge is 2.11. The Balaban J connectivity index is 1.55. The van der Waals surface area contributed by atoms with Crippen molar-refractivity contribution in [2.24, 2.45) is 0 Å². The third kappa shape index (κ3) is 5.28. The summed E-state index contributed by atoms with van der Waals surface area (Å²) in [5.74, 6) is 0.121. The second-order valence-corrected chi connectivity index (χ2v) is 6.00. The van der Waals surface area contributed by atoms with Crippen LogP contribution in [-0.4, -0.2) is 29.0 Å². The van der Waals surface area contributed by atoms with Gasteiger partial charge in [0.15, 0.2) is 5.69 Å². The average molecular weight is 364 g/mol. The van der Waals surface area contributed by atoms with E-state index in [4.69, 9.17) is 9.47 Å². The Bertz CT molecular complexity index is 950. The Labute approximate surface area is 157 Å². The third-order valence-corrected chi connectivity index (χ3v) is 3.86. The molecule has 0 aliphatic heterocycles. The summed E-state index contributed by atoms with van der Waals surface area (Å²) in [5.41, 5.74) is 1.87. The summed E-state index contributed by atoms with van der Waals surface area (Å²) in [6.45, 7) is 2.61. The Morgan fingerprint density at radius 3 is 2.44 bits per heavy atom. The van der Waals surface area contributed by atoms with Crippen LogP contribution in [0.3, 0.4) is 0 Å². The molecule has 2 aromatic carbocycles. The van der Waals surface area contributed by atoms with E-state index in [-0.39, 0.29) is 31.0 Å². The maximum Gasteiger partial charge on any atom is 0.358 e. The predicted octanol–water partition coefficient (Wildman–Crippen LogP) is 2.84. The van der Waals surface area contributed by atoms with Crippen molar-refractivity contribution in [3.8, 4) is 5.75 Å². The molecule has 1 aromatic heterocycles.